The Morgan fingerprint density at radius 3 is 2.67 bits per heavy atom. The van der Waals surface area contributed by atoms with Crippen molar-refractivity contribution >= 4 is 21.7 Å². The van der Waals surface area contributed by atoms with Crippen LogP contribution in [-0.2, 0) is 19.5 Å². The Morgan fingerprint density at radius 2 is 2.05 bits per heavy atom. The second-order valence-corrected chi connectivity index (χ2v) is 5.80. The number of nitrogens with two attached hydrogens (primary N) is 1. The van der Waals surface area contributed by atoms with Gasteiger partial charge in [-0.3, -0.25) is 0 Å². The molecule has 0 aromatic heterocycles. The molecule has 1 rings (SSSR count). The Hall–Kier alpha value is -1.68. The lowest BCUT2D eigenvalue weighted by atomic mass is 10.2. The fourth-order valence-electron chi connectivity index (χ4n) is 1.52. The van der Waals surface area contributed by atoms with Crippen molar-refractivity contribution in [2.24, 2.45) is 0 Å². The second-order valence-electron chi connectivity index (χ2n) is 4.06. The van der Waals surface area contributed by atoms with Gasteiger partial charge in [0.25, 0.3) is 0 Å². The summed E-state index contributed by atoms with van der Waals surface area (Å²) >= 11 is 0. The van der Waals surface area contributed by atoms with Gasteiger partial charge in [-0.25, -0.2) is 17.9 Å². The van der Waals surface area contributed by atoms with E-state index in [2.05, 4.69) is 4.72 Å². The van der Waals surface area contributed by atoms with Gasteiger partial charge in [-0.1, -0.05) is 0 Å². The van der Waals surface area contributed by atoms with Crippen LogP contribution in [0.4, 0.5) is 5.69 Å². The number of rotatable bonds is 9. The second kappa shape index (κ2) is 7.93. The zero-order valence-corrected chi connectivity index (χ0v) is 12.4. The van der Waals surface area contributed by atoms with Crippen LogP contribution in [0.5, 0.6) is 0 Å². The number of hydrogen-bond donors (Lipinski definition) is 3. The third-order valence-electron chi connectivity index (χ3n) is 2.49. The number of carbonyl (C=O) groups is 1. The standard InChI is InChI=1S/C12H18N2O6S/c1-19-6-7-20-5-4-14-21(17,18)11-3-2-9(13)8-10(11)12(15)16/h2-3,8,14H,4-7,13H2,1H3,(H,15,16). The van der Waals surface area contributed by atoms with Crippen molar-refractivity contribution in [1.82, 2.24) is 4.72 Å². The van der Waals surface area contributed by atoms with Crippen LogP contribution in [-0.4, -0.2) is 53.0 Å². The summed E-state index contributed by atoms with van der Waals surface area (Å²) in [6, 6.07) is 3.59. The number of methoxy groups -OCH3 is 1. The first-order valence-electron chi connectivity index (χ1n) is 6.07. The van der Waals surface area contributed by atoms with Gasteiger partial charge < -0.3 is 20.3 Å². The highest BCUT2D eigenvalue weighted by molar-refractivity contribution is 7.89. The molecule has 0 aliphatic heterocycles. The van der Waals surface area contributed by atoms with E-state index in [1.54, 1.807) is 0 Å². The molecule has 0 heterocycles. The summed E-state index contributed by atoms with van der Waals surface area (Å²) in [6.07, 6.45) is 0. The highest BCUT2D eigenvalue weighted by Gasteiger charge is 2.22. The van der Waals surface area contributed by atoms with Crippen LogP contribution < -0.4 is 10.5 Å². The SMILES string of the molecule is COCCOCCNS(=O)(=O)c1ccc(N)cc1C(=O)O. The van der Waals surface area contributed by atoms with Crippen molar-refractivity contribution in [2.45, 2.75) is 4.90 Å². The van der Waals surface area contributed by atoms with E-state index >= 15 is 0 Å². The van der Waals surface area contributed by atoms with Gasteiger partial charge in [-0.15, -0.1) is 0 Å². The zero-order valence-electron chi connectivity index (χ0n) is 11.5. The van der Waals surface area contributed by atoms with Crippen molar-refractivity contribution in [3.05, 3.63) is 23.8 Å². The molecule has 0 aliphatic rings. The van der Waals surface area contributed by atoms with E-state index in [0.29, 0.717) is 13.2 Å². The minimum atomic E-state index is -3.94. The Labute approximate surface area is 122 Å². The minimum Gasteiger partial charge on any atom is -0.478 e. The lowest BCUT2D eigenvalue weighted by molar-refractivity contribution is 0.0692. The normalized spacial score (nSPS) is 11.5. The van der Waals surface area contributed by atoms with Crippen molar-refractivity contribution in [1.29, 1.82) is 0 Å². The van der Waals surface area contributed by atoms with Gasteiger partial charge in [-0.05, 0) is 18.2 Å². The number of benzene rings is 1. The van der Waals surface area contributed by atoms with Gasteiger partial charge in [0.15, 0.2) is 0 Å². The van der Waals surface area contributed by atoms with E-state index in [9.17, 15) is 13.2 Å². The molecule has 0 aliphatic carbocycles. The van der Waals surface area contributed by atoms with E-state index in [4.69, 9.17) is 20.3 Å². The highest BCUT2D eigenvalue weighted by Crippen LogP contribution is 2.18. The van der Waals surface area contributed by atoms with Gasteiger partial charge in [0.05, 0.1) is 30.3 Å². The highest BCUT2D eigenvalue weighted by atomic mass is 32.2. The molecule has 0 saturated carbocycles. The van der Waals surface area contributed by atoms with Crippen LogP contribution >= 0.6 is 0 Å². The molecule has 0 radical (unpaired) electrons. The summed E-state index contributed by atoms with van der Waals surface area (Å²) in [6.45, 7) is 0.934. The van der Waals surface area contributed by atoms with E-state index < -0.39 is 16.0 Å². The largest absolute Gasteiger partial charge is 0.478 e. The molecule has 0 fully saturated rings. The minimum absolute atomic E-state index is 0.0233. The lowest BCUT2D eigenvalue weighted by Gasteiger charge is -2.10. The predicted molar refractivity (Wildman–Crippen MR) is 75.7 cm³/mol. The molecule has 0 amide bonds. The van der Waals surface area contributed by atoms with Gasteiger partial charge in [0.2, 0.25) is 10.0 Å². The predicted octanol–water partition coefficient (Wildman–Crippen LogP) is -0.0917. The molecule has 9 heteroatoms. The number of sulfonamides is 1. The summed E-state index contributed by atoms with van der Waals surface area (Å²) < 4.78 is 36.3. The number of aromatic carboxylic acids is 1. The van der Waals surface area contributed by atoms with Crippen LogP contribution in [0.1, 0.15) is 10.4 Å². The number of nitrogen functional groups attached to an aromatic ring is 1. The van der Waals surface area contributed by atoms with Gasteiger partial charge in [0, 0.05) is 19.3 Å². The van der Waals surface area contributed by atoms with Crippen LogP contribution in [0.25, 0.3) is 0 Å². The maximum atomic E-state index is 12.1. The average molecular weight is 318 g/mol. The maximum absolute atomic E-state index is 12.1. The van der Waals surface area contributed by atoms with E-state index in [1.165, 1.54) is 13.2 Å². The van der Waals surface area contributed by atoms with Gasteiger partial charge in [-0.2, -0.15) is 0 Å². The monoisotopic (exact) mass is 318 g/mol. The van der Waals surface area contributed by atoms with Gasteiger partial charge in [0.1, 0.15) is 0 Å². The van der Waals surface area contributed by atoms with E-state index in [-0.39, 0.29) is 29.3 Å². The molecule has 0 unspecified atom stereocenters. The molecule has 0 spiro atoms. The average Bonchev–Trinajstić information content (AvgIpc) is 2.42. The summed E-state index contributed by atoms with van der Waals surface area (Å²) in [4.78, 5) is 10.8. The van der Waals surface area contributed by atoms with Crippen LogP contribution in [0.3, 0.4) is 0 Å². The van der Waals surface area contributed by atoms with Crippen LogP contribution in [0.2, 0.25) is 0 Å². The fourth-order valence-corrected chi connectivity index (χ4v) is 2.71. The number of anilines is 1. The molecule has 0 atom stereocenters. The summed E-state index contributed by atoms with van der Waals surface area (Å²) in [5.41, 5.74) is 5.27. The summed E-state index contributed by atoms with van der Waals surface area (Å²) in [7, 11) is -2.41. The first-order chi connectivity index (χ1) is 9.88. The first-order valence-corrected chi connectivity index (χ1v) is 7.56. The first kappa shape index (κ1) is 17.4. The summed E-state index contributed by atoms with van der Waals surface area (Å²) in [5, 5.41) is 9.04. The topological polar surface area (TPSA) is 128 Å². The Kier molecular flexibility index (Phi) is 6.56. The Bertz CT molecular complexity index is 587. The van der Waals surface area contributed by atoms with Crippen LogP contribution in [0, 0.1) is 0 Å². The molecule has 21 heavy (non-hydrogen) atoms. The molecule has 0 bridgehead atoms. The number of hydrogen-bond acceptors (Lipinski definition) is 6. The van der Waals surface area contributed by atoms with Crippen molar-refractivity contribution in [2.75, 3.05) is 39.2 Å². The molecular weight excluding hydrogens is 300 g/mol. The Balaban J connectivity index is 2.72. The zero-order chi connectivity index (χ0) is 15.9. The van der Waals surface area contributed by atoms with Crippen molar-refractivity contribution in [3.8, 4) is 0 Å². The quantitative estimate of drug-likeness (QED) is 0.428. The number of nitrogens with one attached hydrogen (secondary N) is 1. The molecule has 4 N–H and O–H groups in total. The van der Waals surface area contributed by atoms with E-state index in [0.717, 1.165) is 12.1 Å². The lowest BCUT2D eigenvalue weighted by Crippen LogP contribution is -2.29. The third kappa shape index (κ3) is 5.31. The van der Waals surface area contributed by atoms with Crippen molar-refractivity contribution < 1.29 is 27.8 Å². The molecule has 0 saturated heterocycles. The van der Waals surface area contributed by atoms with Crippen LogP contribution in [0.15, 0.2) is 23.1 Å². The molecule has 118 valence electrons. The molecule has 1 aromatic carbocycles. The number of carboxylic acid groups (broad SMARTS) is 1. The maximum Gasteiger partial charge on any atom is 0.337 e. The third-order valence-corrected chi connectivity index (χ3v) is 4.01. The molecule has 8 nitrogen and oxygen atoms in total. The fraction of sp³-hybridized carbons (Fsp3) is 0.417. The molecular formula is C12H18N2O6S. The van der Waals surface area contributed by atoms with E-state index in [1.807, 2.05) is 0 Å². The number of ether oxygens (including phenoxy) is 2. The van der Waals surface area contributed by atoms with Crippen molar-refractivity contribution in [3.63, 3.8) is 0 Å². The van der Waals surface area contributed by atoms with Gasteiger partial charge >= 0.3 is 5.97 Å². The smallest absolute Gasteiger partial charge is 0.337 e. The number of carboxylic acids is 1. The molecule has 1 aromatic rings. The summed E-state index contributed by atoms with van der Waals surface area (Å²) in [5.74, 6) is -1.36. The Morgan fingerprint density at radius 1 is 1.33 bits per heavy atom.